The Labute approximate surface area is 129 Å². The fraction of sp³-hybridized carbons (Fsp3) is 0. The van der Waals surface area contributed by atoms with Crippen LogP contribution in [0, 0.1) is 0 Å². The van der Waals surface area contributed by atoms with Crippen molar-refractivity contribution < 1.29 is 4.52 Å². The van der Waals surface area contributed by atoms with Gasteiger partial charge in [-0.2, -0.15) is 4.98 Å². The van der Waals surface area contributed by atoms with E-state index in [9.17, 15) is 0 Å². The standard InChI is InChI=1S/C12H7Br2N3OS/c13-8-2-1-6(15)5-7(8)12-16-11(17-18-12)9-3-4-10(14)19-9/h1-5H,15H2. The van der Waals surface area contributed by atoms with Crippen LogP contribution in [0.2, 0.25) is 0 Å². The van der Waals surface area contributed by atoms with Gasteiger partial charge in [-0.3, -0.25) is 0 Å². The molecule has 0 fully saturated rings. The predicted octanol–water partition coefficient (Wildman–Crippen LogP) is 4.57. The lowest BCUT2D eigenvalue weighted by Crippen LogP contribution is -1.87. The van der Waals surface area contributed by atoms with E-state index < -0.39 is 0 Å². The molecule has 0 radical (unpaired) electrons. The van der Waals surface area contributed by atoms with E-state index in [1.54, 1.807) is 23.5 Å². The minimum atomic E-state index is 0.443. The molecule has 7 heteroatoms. The van der Waals surface area contributed by atoms with Crippen molar-refractivity contribution in [3.63, 3.8) is 0 Å². The van der Waals surface area contributed by atoms with Crippen LogP contribution in [0.1, 0.15) is 0 Å². The first-order chi connectivity index (χ1) is 9.13. The van der Waals surface area contributed by atoms with Crippen molar-refractivity contribution in [3.8, 4) is 22.2 Å². The number of thiophene rings is 1. The zero-order valence-electron chi connectivity index (χ0n) is 9.43. The quantitative estimate of drug-likeness (QED) is 0.639. The van der Waals surface area contributed by atoms with Crippen molar-refractivity contribution in [1.82, 2.24) is 10.1 Å². The van der Waals surface area contributed by atoms with Crippen molar-refractivity contribution in [2.75, 3.05) is 5.73 Å². The highest BCUT2D eigenvalue weighted by atomic mass is 79.9. The maximum Gasteiger partial charge on any atom is 0.259 e. The van der Waals surface area contributed by atoms with E-state index in [0.717, 1.165) is 18.7 Å². The highest BCUT2D eigenvalue weighted by molar-refractivity contribution is 9.11. The molecule has 0 amide bonds. The van der Waals surface area contributed by atoms with Gasteiger partial charge in [0.05, 0.1) is 14.2 Å². The second-order valence-corrected chi connectivity index (χ2v) is 7.08. The number of aromatic nitrogens is 2. The van der Waals surface area contributed by atoms with Crippen molar-refractivity contribution in [3.05, 3.63) is 38.6 Å². The molecule has 0 aliphatic rings. The molecular formula is C12H7Br2N3OS. The molecule has 2 aromatic heterocycles. The normalized spacial score (nSPS) is 10.8. The lowest BCUT2D eigenvalue weighted by molar-refractivity contribution is 0.432. The number of anilines is 1. The predicted molar refractivity (Wildman–Crippen MR) is 82.9 cm³/mol. The fourth-order valence-corrected chi connectivity index (χ4v) is 3.30. The number of hydrogen-bond acceptors (Lipinski definition) is 5. The molecule has 1 aromatic carbocycles. The summed E-state index contributed by atoms with van der Waals surface area (Å²) in [5.41, 5.74) is 7.21. The van der Waals surface area contributed by atoms with Crippen LogP contribution >= 0.6 is 43.2 Å². The largest absolute Gasteiger partial charge is 0.399 e. The molecule has 3 aromatic rings. The third-order valence-electron chi connectivity index (χ3n) is 2.44. The number of nitrogen functional groups attached to an aromatic ring is 1. The Morgan fingerprint density at radius 2 is 2.00 bits per heavy atom. The summed E-state index contributed by atoms with van der Waals surface area (Å²) in [5, 5.41) is 3.99. The Kier molecular flexibility index (Phi) is 3.42. The van der Waals surface area contributed by atoms with E-state index in [-0.39, 0.29) is 0 Å². The highest BCUT2D eigenvalue weighted by Crippen LogP contribution is 2.33. The number of benzene rings is 1. The van der Waals surface area contributed by atoms with Crippen LogP contribution < -0.4 is 5.73 Å². The van der Waals surface area contributed by atoms with Gasteiger partial charge in [-0.05, 0) is 62.2 Å². The van der Waals surface area contributed by atoms with E-state index in [0.29, 0.717) is 17.4 Å². The minimum absolute atomic E-state index is 0.443. The first-order valence-corrected chi connectivity index (χ1v) is 7.68. The Balaban J connectivity index is 2.03. The van der Waals surface area contributed by atoms with E-state index in [1.807, 2.05) is 18.2 Å². The molecule has 2 N–H and O–H groups in total. The minimum Gasteiger partial charge on any atom is -0.399 e. The van der Waals surface area contributed by atoms with Crippen LogP contribution in [0.15, 0.2) is 43.1 Å². The van der Waals surface area contributed by atoms with Gasteiger partial charge in [0.15, 0.2) is 0 Å². The molecule has 0 spiro atoms. The lowest BCUT2D eigenvalue weighted by atomic mass is 10.2. The highest BCUT2D eigenvalue weighted by Gasteiger charge is 2.14. The maximum absolute atomic E-state index is 5.77. The third kappa shape index (κ3) is 2.58. The Hall–Kier alpha value is -1.18. The molecule has 0 atom stereocenters. The van der Waals surface area contributed by atoms with E-state index in [4.69, 9.17) is 10.3 Å². The molecule has 19 heavy (non-hydrogen) atoms. The lowest BCUT2D eigenvalue weighted by Gasteiger charge is -1.99. The fourth-order valence-electron chi connectivity index (χ4n) is 1.57. The number of hydrogen-bond donors (Lipinski definition) is 1. The first-order valence-electron chi connectivity index (χ1n) is 5.28. The molecule has 0 aliphatic heterocycles. The van der Waals surface area contributed by atoms with Crippen LogP contribution in [0.5, 0.6) is 0 Å². The van der Waals surface area contributed by atoms with E-state index in [1.165, 1.54) is 0 Å². The molecule has 96 valence electrons. The summed E-state index contributed by atoms with van der Waals surface area (Å²) in [6.45, 7) is 0. The van der Waals surface area contributed by atoms with E-state index in [2.05, 4.69) is 42.0 Å². The molecule has 0 bridgehead atoms. The number of nitrogens with zero attached hydrogens (tertiary/aromatic N) is 2. The van der Waals surface area contributed by atoms with Crippen molar-refractivity contribution in [1.29, 1.82) is 0 Å². The smallest absolute Gasteiger partial charge is 0.259 e. The number of nitrogens with two attached hydrogens (primary N) is 1. The van der Waals surface area contributed by atoms with Gasteiger partial charge in [0.1, 0.15) is 0 Å². The first kappa shape index (κ1) is 12.8. The van der Waals surface area contributed by atoms with Gasteiger partial charge in [0, 0.05) is 10.2 Å². The summed E-state index contributed by atoms with van der Waals surface area (Å²) in [6, 6.07) is 9.35. The van der Waals surface area contributed by atoms with Crippen LogP contribution in [0.4, 0.5) is 5.69 Å². The van der Waals surface area contributed by atoms with Gasteiger partial charge in [0.2, 0.25) is 5.82 Å². The summed E-state index contributed by atoms with van der Waals surface area (Å²) < 4.78 is 7.19. The third-order valence-corrected chi connectivity index (χ3v) is 4.75. The second-order valence-electron chi connectivity index (χ2n) is 3.77. The van der Waals surface area contributed by atoms with Gasteiger partial charge in [0.25, 0.3) is 5.89 Å². The number of rotatable bonds is 2. The van der Waals surface area contributed by atoms with Gasteiger partial charge in [-0.1, -0.05) is 5.16 Å². The topological polar surface area (TPSA) is 64.9 Å². The summed E-state index contributed by atoms with van der Waals surface area (Å²) >= 11 is 8.41. The maximum atomic E-state index is 5.77. The SMILES string of the molecule is Nc1ccc(Br)c(-c2nc(-c3ccc(Br)s3)no2)c1. The average molecular weight is 401 g/mol. The zero-order valence-corrected chi connectivity index (χ0v) is 13.4. The van der Waals surface area contributed by atoms with E-state index >= 15 is 0 Å². The molecule has 2 heterocycles. The van der Waals surface area contributed by atoms with Crippen molar-refractivity contribution >= 4 is 48.9 Å². The molecule has 3 rings (SSSR count). The summed E-state index contributed by atoms with van der Waals surface area (Å²) in [4.78, 5) is 5.34. The zero-order chi connectivity index (χ0) is 13.4. The van der Waals surface area contributed by atoms with Gasteiger partial charge >= 0.3 is 0 Å². The van der Waals surface area contributed by atoms with Crippen LogP contribution in [0.3, 0.4) is 0 Å². The molecule has 4 nitrogen and oxygen atoms in total. The van der Waals surface area contributed by atoms with Crippen LogP contribution in [-0.4, -0.2) is 10.1 Å². The average Bonchev–Trinajstić information content (AvgIpc) is 3.00. The van der Waals surface area contributed by atoms with Crippen LogP contribution in [0.25, 0.3) is 22.2 Å². The van der Waals surface area contributed by atoms with Gasteiger partial charge in [-0.25, -0.2) is 0 Å². The molecule has 0 aliphatic carbocycles. The van der Waals surface area contributed by atoms with Gasteiger partial charge < -0.3 is 10.3 Å². The number of halogens is 2. The summed E-state index contributed by atoms with van der Waals surface area (Å²) in [7, 11) is 0. The molecule has 0 unspecified atom stereocenters. The second kappa shape index (κ2) is 5.07. The Morgan fingerprint density at radius 3 is 2.74 bits per heavy atom. The monoisotopic (exact) mass is 399 g/mol. The van der Waals surface area contributed by atoms with Crippen LogP contribution in [-0.2, 0) is 0 Å². The van der Waals surface area contributed by atoms with Gasteiger partial charge in [-0.15, -0.1) is 11.3 Å². The van der Waals surface area contributed by atoms with Crippen molar-refractivity contribution in [2.45, 2.75) is 0 Å². The Bertz CT molecular complexity index is 738. The molecular weight excluding hydrogens is 394 g/mol. The molecule has 0 saturated heterocycles. The molecule has 0 saturated carbocycles. The Morgan fingerprint density at radius 1 is 1.16 bits per heavy atom. The summed E-state index contributed by atoms with van der Waals surface area (Å²) in [5.74, 6) is 1.01. The van der Waals surface area contributed by atoms with Crippen molar-refractivity contribution in [2.24, 2.45) is 0 Å². The summed E-state index contributed by atoms with van der Waals surface area (Å²) in [6.07, 6.45) is 0.